The number of hydrogen-bond acceptors (Lipinski definition) is 12. The maximum absolute atomic E-state index is 11.1. The smallest absolute Gasteiger partial charge is 0.434 e. The van der Waals surface area contributed by atoms with Crippen molar-refractivity contribution in [2.45, 2.75) is 56.2 Å². The summed E-state index contributed by atoms with van der Waals surface area (Å²) in [5, 5.41) is 0.632. The van der Waals surface area contributed by atoms with Crippen LogP contribution in [-0.4, -0.2) is 71.9 Å². The highest BCUT2D eigenvalue weighted by Crippen LogP contribution is 2.63. The number of nitrogens with zero attached hydrogens (tertiary/aromatic N) is 4. The Labute approximate surface area is 226 Å². The van der Waals surface area contributed by atoms with Gasteiger partial charge in [0.25, 0.3) is 0 Å². The molecule has 2 unspecified atom stereocenters. The van der Waals surface area contributed by atoms with Crippen molar-refractivity contribution in [1.82, 2.24) is 19.5 Å². The predicted octanol–water partition coefficient (Wildman–Crippen LogP) is 3.44. The highest BCUT2D eigenvalue weighted by Gasteiger charge is 2.59. The first kappa shape index (κ1) is 28.7. The van der Waals surface area contributed by atoms with E-state index >= 15 is 0 Å². The van der Waals surface area contributed by atoms with Gasteiger partial charge < -0.3 is 19.9 Å². The first-order valence-corrected chi connectivity index (χ1v) is 14.6. The molecule has 2 aliphatic rings. The molecule has 2 N–H and O–H groups in total. The molecule has 2 radical (unpaired) electrons. The van der Waals surface area contributed by atoms with E-state index in [-0.39, 0.29) is 19.2 Å². The van der Waals surface area contributed by atoms with E-state index < -0.39 is 38.3 Å². The summed E-state index contributed by atoms with van der Waals surface area (Å²) < 4.78 is 35.9. The number of carbonyl (C=O) groups excluding carboxylic acids is 1. The highest BCUT2D eigenvalue weighted by molar-refractivity contribution is 7.98. The summed E-state index contributed by atoms with van der Waals surface area (Å²) in [6.45, 7) is 4.97. The van der Waals surface area contributed by atoms with Gasteiger partial charge in [-0.05, 0) is 5.56 Å². The Bertz CT molecular complexity index is 1240. The van der Waals surface area contributed by atoms with Gasteiger partial charge in [0.05, 0.1) is 0 Å². The van der Waals surface area contributed by atoms with E-state index in [0.29, 0.717) is 22.1 Å². The fourth-order valence-corrected chi connectivity index (χ4v) is 6.33. The molecule has 0 aliphatic carbocycles. The number of rotatable bonds is 8. The van der Waals surface area contributed by atoms with E-state index in [1.165, 1.54) is 25.0 Å². The molecule has 4 heterocycles. The lowest BCUT2D eigenvalue weighted by atomic mass is 10.1. The second-order valence-corrected chi connectivity index (χ2v) is 10.8. The molecule has 1 aromatic carbocycles. The Morgan fingerprint density at radius 1 is 1.29 bits per heavy atom. The van der Waals surface area contributed by atoms with Crippen molar-refractivity contribution < 1.29 is 32.6 Å². The van der Waals surface area contributed by atoms with Crippen LogP contribution in [0.15, 0.2) is 41.8 Å². The van der Waals surface area contributed by atoms with Gasteiger partial charge in [0.2, 0.25) is 6.79 Å². The molecule has 2 saturated heterocycles. The van der Waals surface area contributed by atoms with Crippen LogP contribution in [0.25, 0.3) is 11.2 Å². The number of nitrogens with two attached hydrogens (primary N) is 1. The summed E-state index contributed by atoms with van der Waals surface area (Å²) in [6.07, 6.45) is -1.02. The quantitative estimate of drug-likeness (QED) is 0.141. The minimum Gasteiger partial charge on any atom is -0.434 e. The molecule has 5 atom stereocenters. The van der Waals surface area contributed by atoms with Crippen molar-refractivity contribution in [1.29, 1.82) is 0 Å². The molecule has 0 spiro atoms. The summed E-state index contributed by atoms with van der Waals surface area (Å²) >= 11 is 1.51. The Kier molecular flexibility index (Phi) is 9.58. The standard InChI is InChI=1S/C21H24BN5O7PS.C2H6/c1-12(28)30-11-32-35(22)31-8-14-16(34-35)17(29-2)20(33-14)27-19-15(18(23)24-10-25-19)26-21(27)36-9-13-6-4-3-5-7-13;1-2/h3-7,10,14,16-17,20H,8-9,11H2,1-2H3,(H2,23,24,25);1-2H3/q+1;/t14-,16-,17?,20-,35?;/m1./s1. The average molecular weight is 562 g/mol. The third-order valence-electron chi connectivity index (χ3n) is 5.68. The summed E-state index contributed by atoms with van der Waals surface area (Å²) in [6, 6.07) is 10.0. The van der Waals surface area contributed by atoms with Gasteiger partial charge in [0.1, 0.15) is 25.1 Å². The monoisotopic (exact) mass is 562 g/mol. The Balaban J connectivity index is 0.00000164. The SMILES string of the molecule is CC.[B][P+]1(OCOC(C)=O)OC[C@H]2O[C@@H](n3c(SCc4ccccc4)nc4c(N)ncnc43)C(OC)[C@@H]2O1. The van der Waals surface area contributed by atoms with Crippen LogP contribution in [0.1, 0.15) is 32.6 Å². The van der Waals surface area contributed by atoms with Crippen LogP contribution in [-0.2, 0) is 38.3 Å². The van der Waals surface area contributed by atoms with Crippen molar-refractivity contribution in [3.8, 4) is 0 Å². The van der Waals surface area contributed by atoms with E-state index in [2.05, 4.69) is 9.97 Å². The van der Waals surface area contributed by atoms with Gasteiger partial charge in [0, 0.05) is 19.8 Å². The average Bonchev–Trinajstić information content (AvgIpc) is 3.46. The summed E-state index contributed by atoms with van der Waals surface area (Å²) in [5.41, 5.74) is 8.21. The second kappa shape index (κ2) is 12.7. The Morgan fingerprint density at radius 2 is 2.05 bits per heavy atom. The first-order valence-electron chi connectivity index (χ1n) is 12.0. The van der Waals surface area contributed by atoms with Gasteiger partial charge in [-0.1, -0.05) is 55.9 Å². The zero-order valence-electron chi connectivity index (χ0n) is 21.6. The van der Waals surface area contributed by atoms with Crippen molar-refractivity contribution in [2.24, 2.45) is 0 Å². The van der Waals surface area contributed by atoms with Crippen LogP contribution in [0.5, 0.6) is 0 Å². The molecular weight excluding hydrogens is 532 g/mol. The van der Waals surface area contributed by atoms with Crippen LogP contribution < -0.4 is 5.73 Å². The molecule has 12 nitrogen and oxygen atoms in total. The number of benzene rings is 1. The van der Waals surface area contributed by atoms with Crippen LogP contribution in [0, 0.1) is 0 Å². The third kappa shape index (κ3) is 6.12. The molecule has 5 rings (SSSR count). The fraction of sp³-hybridized carbons (Fsp3) is 0.478. The van der Waals surface area contributed by atoms with Crippen molar-refractivity contribution in [3.63, 3.8) is 0 Å². The fourth-order valence-electron chi connectivity index (χ4n) is 4.02. The molecule has 2 fully saturated rings. The second-order valence-electron chi connectivity index (χ2n) is 8.02. The zero-order chi connectivity index (χ0) is 27.3. The van der Waals surface area contributed by atoms with Gasteiger partial charge in [-0.25, -0.2) is 15.0 Å². The molecule has 2 aromatic heterocycles. The number of fused-ring (bicyclic) bond motifs is 2. The van der Waals surface area contributed by atoms with Crippen molar-refractivity contribution in [3.05, 3.63) is 42.2 Å². The van der Waals surface area contributed by atoms with Gasteiger partial charge >= 0.3 is 21.4 Å². The summed E-state index contributed by atoms with van der Waals surface area (Å²) in [5.74, 6) is 0.412. The van der Waals surface area contributed by atoms with Crippen LogP contribution in [0.4, 0.5) is 5.82 Å². The number of anilines is 1. The van der Waals surface area contributed by atoms with E-state index in [9.17, 15) is 4.79 Å². The molecule has 3 aromatic rings. The number of thioether (sulfide) groups is 1. The van der Waals surface area contributed by atoms with E-state index in [0.717, 1.165) is 5.56 Å². The number of nitrogen functional groups attached to an aromatic ring is 1. The van der Waals surface area contributed by atoms with Crippen molar-refractivity contribution >= 4 is 50.1 Å². The van der Waals surface area contributed by atoms with Gasteiger partial charge in [-0.15, -0.1) is 0 Å². The van der Waals surface area contributed by atoms with Gasteiger partial charge in [0.15, 0.2) is 34.5 Å². The molecule has 38 heavy (non-hydrogen) atoms. The molecule has 0 bridgehead atoms. The van der Waals surface area contributed by atoms with Crippen LogP contribution in [0.3, 0.4) is 0 Å². The molecule has 0 amide bonds. The number of imidazole rings is 1. The number of esters is 1. The number of methoxy groups -OCH3 is 1. The number of ether oxygens (including phenoxy) is 3. The Morgan fingerprint density at radius 3 is 2.76 bits per heavy atom. The van der Waals surface area contributed by atoms with Crippen LogP contribution >= 0.6 is 19.6 Å². The molecule has 15 heteroatoms. The van der Waals surface area contributed by atoms with Gasteiger partial charge in [-0.2, -0.15) is 13.6 Å². The largest absolute Gasteiger partial charge is 0.488 e. The van der Waals surface area contributed by atoms with Crippen molar-refractivity contribution in [2.75, 3.05) is 26.2 Å². The molecule has 2 aliphatic heterocycles. The lowest BCUT2D eigenvalue weighted by Crippen LogP contribution is -2.42. The topological polar surface area (TPSA) is 142 Å². The lowest BCUT2D eigenvalue weighted by Gasteiger charge is -2.31. The Hall–Kier alpha value is -2.32. The lowest BCUT2D eigenvalue weighted by molar-refractivity contribution is -0.149. The minimum atomic E-state index is -3.28. The zero-order valence-corrected chi connectivity index (χ0v) is 23.3. The maximum Gasteiger partial charge on any atom is 0.488 e. The van der Waals surface area contributed by atoms with Gasteiger partial charge in [-0.3, -0.25) is 9.36 Å². The highest BCUT2D eigenvalue weighted by atomic mass is 32.2. The van der Waals surface area contributed by atoms with E-state index in [4.69, 9.17) is 46.1 Å². The number of aromatic nitrogens is 4. The maximum atomic E-state index is 11.1. The summed E-state index contributed by atoms with van der Waals surface area (Å²) in [4.78, 5) is 24.3. The number of carbonyl (C=O) groups is 1. The first-order chi connectivity index (χ1) is 18.4. The normalized spacial score (nSPS) is 26.4. The van der Waals surface area contributed by atoms with E-state index in [1.807, 2.05) is 48.7 Å². The van der Waals surface area contributed by atoms with Crippen LogP contribution in [0.2, 0.25) is 0 Å². The summed E-state index contributed by atoms with van der Waals surface area (Å²) in [7, 11) is 4.49. The van der Waals surface area contributed by atoms with E-state index in [1.54, 1.807) is 7.11 Å². The predicted molar refractivity (Wildman–Crippen MR) is 143 cm³/mol. The molecule has 0 saturated carbocycles. The third-order valence-corrected chi connectivity index (χ3v) is 8.21. The minimum absolute atomic E-state index is 0.0988. The molecular formula is C23H30BN5O7PS+. The number of hydrogen-bond donors (Lipinski definition) is 1. The molecule has 202 valence electrons.